The van der Waals surface area contributed by atoms with Crippen LogP contribution in [0, 0.1) is 11.3 Å². The summed E-state index contributed by atoms with van der Waals surface area (Å²) >= 11 is 0. The number of ether oxygens (including phenoxy) is 2. The van der Waals surface area contributed by atoms with E-state index >= 15 is 0 Å². The van der Waals surface area contributed by atoms with Crippen LogP contribution in [0.5, 0.6) is 0 Å². The van der Waals surface area contributed by atoms with E-state index in [0.717, 1.165) is 12.0 Å². The summed E-state index contributed by atoms with van der Waals surface area (Å²) < 4.78 is 10.1. The van der Waals surface area contributed by atoms with E-state index in [4.69, 9.17) is 9.47 Å². The summed E-state index contributed by atoms with van der Waals surface area (Å²) in [6.45, 7) is 5.61. The first-order valence-corrected chi connectivity index (χ1v) is 12.4. The quantitative estimate of drug-likeness (QED) is 0.164. The smallest absolute Gasteiger partial charge is 0.327 e. The lowest BCUT2D eigenvalue weighted by Crippen LogP contribution is -2.43. The first-order chi connectivity index (χ1) is 18.4. The van der Waals surface area contributed by atoms with Crippen LogP contribution in [-0.4, -0.2) is 70.8 Å². The molecule has 2 heterocycles. The zero-order valence-electron chi connectivity index (χ0n) is 22.5. The summed E-state index contributed by atoms with van der Waals surface area (Å²) in [6, 6.07) is 3.51. The van der Waals surface area contributed by atoms with Crippen molar-refractivity contribution in [2.24, 2.45) is 0 Å². The van der Waals surface area contributed by atoms with Gasteiger partial charge in [-0.3, -0.25) is 14.5 Å². The lowest BCUT2D eigenvalue weighted by atomic mass is 10.0. The molecule has 38 heavy (non-hydrogen) atoms. The molecular weight excluding hydrogens is 488 g/mol. The number of amides is 3. The number of aromatic nitrogens is 1. The lowest BCUT2D eigenvalue weighted by molar-refractivity contribution is -0.107. The van der Waals surface area contributed by atoms with Gasteiger partial charge in [-0.2, -0.15) is 5.26 Å². The molecule has 0 fully saturated rings. The Labute approximate surface area is 223 Å². The lowest BCUT2D eigenvalue weighted by Gasteiger charge is -2.30. The molecule has 3 amide bonds. The van der Waals surface area contributed by atoms with Crippen molar-refractivity contribution in [1.82, 2.24) is 15.6 Å². The highest BCUT2D eigenvalue weighted by atomic mass is 16.5. The third-order valence-electron chi connectivity index (χ3n) is 5.72. The second-order valence-electron chi connectivity index (χ2n) is 8.47. The number of aldehydes is 1. The van der Waals surface area contributed by atoms with Gasteiger partial charge in [0, 0.05) is 39.6 Å². The number of allylic oxidation sites excluding steroid dienone is 5. The summed E-state index contributed by atoms with van der Waals surface area (Å²) in [5.74, 6) is 0.377. The number of pyridine rings is 1. The molecular formula is C27H36N6O5. The van der Waals surface area contributed by atoms with E-state index in [-0.39, 0.29) is 12.2 Å². The van der Waals surface area contributed by atoms with E-state index in [9.17, 15) is 19.6 Å². The number of nitrogens with zero attached hydrogens (tertiary/aromatic N) is 4. The van der Waals surface area contributed by atoms with Gasteiger partial charge in [0.15, 0.2) is 6.29 Å². The molecule has 11 heteroatoms. The maximum atomic E-state index is 13.3. The maximum Gasteiger partial charge on any atom is 0.327 e. The van der Waals surface area contributed by atoms with Crippen molar-refractivity contribution in [2.75, 3.05) is 56.9 Å². The zero-order valence-corrected chi connectivity index (χ0v) is 22.5. The molecule has 1 aliphatic rings. The van der Waals surface area contributed by atoms with Crippen LogP contribution in [0.3, 0.4) is 0 Å². The predicted octanol–water partition coefficient (Wildman–Crippen LogP) is 2.85. The van der Waals surface area contributed by atoms with Crippen LogP contribution in [0.1, 0.15) is 42.7 Å². The standard InChI is InChI=1S/C27H36N6O5/c1-5-6-8-22(17-28)23(29-10-13-37-3)15-20(2)30-27(36)33-11-7-9-21-16-25(24(18-34)31-26(21)33)32(19-35)12-14-38-4/h6,8,15-16,18-19,29H,5,7,9-14H2,1-4H3,(H,30,36)/b8-6+,20-15+,23-22-. The average molecular weight is 525 g/mol. The number of urea groups is 1. The fourth-order valence-electron chi connectivity index (χ4n) is 3.86. The number of nitriles is 1. The normalized spacial score (nSPS) is 13.9. The number of methoxy groups -OCH3 is 2. The summed E-state index contributed by atoms with van der Waals surface area (Å²) in [4.78, 5) is 44.1. The molecule has 0 bridgehead atoms. The number of aryl methyl sites for hydroxylation is 1. The van der Waals surface area contributed by atoms with Gasteiger partial charge in [0.25, 0.3) is 0 Å². The molecule has 0 aromatic carbocycles. The van der Waals surface area contributed by atoms with Crippen LogP contribution >= 0.6 is 0 Å². The van der Waals surface area contributed by atoms with Crippen molar-refractivity contribution in [2.45, 2.75) is 33.1 Å². The van der Waals surface area contributed by atoms with Gasteiger partial charge in [0.1, 0.15) is 17.6 Å². The fraction of sp³-hybridized carbons (Fsp3) is 0.444. The average Bonchev–Trinajstić information content (AvgIpc) is 2.92. The predicted molar refractivity (Wildman–Crippen MR) is 145 cm³/mol. The first kappa shape index (κ1) is 30.2. The second kappa shape index (κ2) is 16.0. The summed E-state index contributed by atoms with van der Waals surface area (Å²) in [5.41, 5.74) is 2.70. The van der Waals surface area contributed by atoms with Crippen molar-refractivity contribution in [3.8, 4) is 6.07 Å². The molecule has 0 radical (unpaired) electrons. The van der Waals surface area contributed by atoms with Crippen molar-refractivity contribution >= 4 is 30.2 Å². The van der Waals surface area contributed by atoms with Gasteiger partial charge in [-0.15, -0.1) is 0 Å². The SMILES string of the molecule is CC/C=C/C(C#N)=C(\C=C(/C)NC(=O)N1CCCc2cc(N(C=O)CCOC)c(C=O)nc21)NCCOC. The highest BCUT2D eigenvalue weighted by Crippen LogP contribution is 2.30. The largest absolute Gasteiger partial charge is 0.383 e. The number of carbonyl (C=O) groups excluding carboxylic acids is 3. The molecule has 1 aliphatic heterocycles. The van der Waals surface area contributed by atoms with Gasteiger partial charge in [-0.1, -0.05) is 13.0 Å². The monoisotopic (exact) mass is 524 g/mol. The molecule has 0 spiro atoms. The molecule has 0 unspecified atom stereocenters. The summed E-state index contributed by atoms with van der Waals surface area (Å²) in [7, 11) is 3.12. The highest BCUT2D eigenvalue weighted by Gasteiger charge is 2.27. The van der Waals surface area contributed by atoms with E-state index in [1.165, 1.54) is 16.9 Å². The van der Waals surface area contributed by atoms with Gasteiger partial charge in [-0.25, -0.2) is 9.78 Å². The van der Waals surface area contributed by atoms with Crippen LogP contribution in [0.15, 0.2) is 41.3 Å². The highest BCUT2D eigenvalue weighted by molar-refractivity contribution is 5.95. The minimum Gasteiger partial charge on any atom is -0.383 e. The van der Waals surface area contributed by atoms with Gasteiger partial charge >= 0.3 is 6.03 Å². The molecule has 2 rings (SSSR count). The molecule has 2 N–H and O–H groups in total. The third-order valence-corrected chi connectivity index (χ3v) is 5.72. The number of nitrogens with one attached hydrogen (secondary N) is 2. The minimum absolute atomic E-state index is 0.0628. The van der Waals surface area contributed by atoms with E-state index in [1.54, 1.807) is 32.3 Å². The summed E-state index contributed by atoms with van der Waals surface area (Å²) in [6.07, 6.45) is 8.64. The van der Waals surface area contributed by atoms with Crippen molar-refractivity contribution in [3.63, 3.8) is 0 Å². The molecule has 204 valence electrons. The Hall–Kier alpha value is -4.01. The van der Waals surface area contributed by atoms with E-state index in [2.05, 4.69) is 21.7 Å². The Morgan fingerprint density at radius 1 is 1.29 bits per heavy atom. The van der Waals surface area contributed by atoms with E-state index in [0.29, 0.717) is 80.3 Å². The number of rotatable bonds is 14. The van der Waals surface area contributed by atoms with Gasteiger partial charge in [0.05, 0.1) is 30.2 Å². The van der Waals surface area contributed by atoms with Gasteiger partial charge in [-0.05, 0) is 50.0 Å². The molecule has 11 nitrogen and oxygen atoms in total. The van der Waals surface area contributed by atoms with Crippen LogP contribution in [0.25, 0.3) is 0 Å². The fourth-order valence-corrected chi connectivity index (χ4v) is 3.86. The van der Waals surface area contributed by atoms with Crippen LogP contribution in [-0.2, 0) is 20.7 Å². The first-order valence-electron chi connectivity index (χ1n) is 12.4. The molecule has 0 saturated carbocycles. The van der Waals surface area contributed by atoms with E-state index in [1.807, 2.05) is 13.0 Å². The Morgan fingerprint density at radius 3 is 2.68 bits per heavy atom. The van der Waals surface area contributed by atoms with Crippen LogP contribution in [0.4, 0.5) is 16.3 Å². The third kappa shape index (κ3) is 8.26. The van der Waals surface area contributed by atoms with Gasteiger partial charge in [0.2, 0.25) is 6.41 Å². The minimum atomic E-state index is -0.415. The van der Waals surface area contributed by atoms with Crippen molar-refractivity contribution in [3.05, 3.63) is 52.5 Å². The number of hydrogen-bond donors (Lipinski definition) is 2. The van der Waals surface area contributed by atoms with Gasteiger partial charge < -0.3 is 25.0 Å². The number of anilines is 2. The van der Waals surface area contributed by atoms with Crippen LogP contribution in [0.2, 0.25) is 0 Å². The second-order valence-corrected chi connectivity index (χ2v) is 8.47. The number of fused-ring (bicyclic) bond motifs is 1. The molecule has 0 saturated heterocycles. The Balaban J connectivity index is 2.35. The van der Waals surface area contributed by atoms with Crippen molar-refractivity contribution in [1.29, 1.82) is 5.26 Å². The number of hydrogen-bond acceptors (Lipinski definition) is 8. The van der Waals surface area contributed by atoms with Crippen LogP contribution < -0.4 is 20.4 Å². The molecule has 0 atom stereocenters. The topological polar surface area (TPSA) is 137 Å². The van der Waals surface area contributed by atoms with E-state index < -0.39 is 6.03 Å². The Kier molecular flexibility index (Phi) is 12.7. The maximum absolute atomic E-state index is 13.3. The Morgan fingerprint density at radius 2 is 2.05 bits per heavy atom. The van der Waals surface area contributed by atoms with Crippen molar-refractivity contribution < 1.29 is 23.9 Å². The Bertz CT molecular complexity index is 1120. The number of carbonyl (C=O) groups is 3. The molecule has 1 aromatic heterocycles. The molecule has 0 aliphatic carbocycles. The molecule has 1 aromatic rings. The zero-order chi connectivity index (χ0) is 27.9. The summed E-state index contributed by atoms with van der Waals surface area (Å²) in [5, 5.41) is 15.7.